The molecule has 0 aromatic heterocycles. The lowest BCUT2D eigenvalue weighted by Crippen LogP contribution is -2.40. The van der Waals surface area contributed by atoms with Gasteiger partial charge in [0.1, 0.15) is 13.2 Å². The van der Waals surface area contributed by atoms with Gasteiger partial charge in [0.25, 0.3) is 6.29 Å². The third kappa shape index (κ3) is 49.2. The summed E-state index contributed by atoms with van der Waals surface area (Å²) in [6.45, 7) is 4.79. The van der Waals surface area contributed by atoms with Crippen LogP contribution in [-0.4, -0.2) is 87.4 Å². The molecule has 66 heavy (non-hydrogen) atoms. The summed E-state index contributed by atoms with van der Waals surface area (Å²) >= 11 is 0. The van der Waals surface area contributed by atoms with Crippen LogP contribution in [0.3, 0.4) is 0 Å². The van der Waals surface area contributed by atoms with E-state index < -0.39 is 24.3 Å². The molecule has 0 saturated heterocycles. The van der Waals surface area contributed by atoms with E-state index in [9.17, 15) is 19.5 Å². The number of hydrogen-bond donors (Lipinski definition) is 1. The standard InChI is InChI=1S/C57H103NO8/c1-6-8-10-12-14-16-18-20-22-24-25-26-27-28-29-30-31-32-34-36-38-40-42-44-46-48-55(60)66-53(52-65-57(56(61)62)63-50-49-58(3,4)5)51-64-54(59)47-45-43-41-39-37-35-33-23-21-19-17-15-13-11-9-7-2/h8,10,14,16,20,22,25-26,53,57H,6-7,9,11-13,15,17-19,21,23-24,27-52H2,1-5H3/p+1/b10-8-,16-14-,22-20-,26-25-. The molecule has 0 radical (unpaired) electrons. The second-order valence-corrected chi connectivity index (χ2v) is 19.5. The Balaban J connectivity index is 4.25. The zero-order chi connectivity index (χ0) is 48.4. The van der Waals surface area contributed by atoms with Crippen molar-refractivity contribution in [1.82, 2.24) is 0 Å². The number of esters is 2. The summed E-state index contributed by atoms with van der Waals surface area (Å²) in [6, 6.07) is 0. The number of ether oxygens (including phenoxy) is 4. The van der Waals surface area contributed by atoms with E-state index in [1.165, 1.54) is 148 Å². The van der Waals surface area contributed by atoms with E-state index in [1.54, 1.807) is 0 Å². The Morgan fingerprint density at radius 1 is 0.470 bits per heavy atom. The monoisotopic (exact) mass is 931 g/mol. The SMILES string of the molecule is CC/C=C\C/C=C\C/C=C\C/C=C\CCCCCCCCCCCCCCC(=O)OC(COC(=O)CCCCCCCCCCCCCCCCCC)COC(OCC[N+](C)(C)C)C(=O)O. The molecule has 0 aliphatic rings. The van der Waals surface area contributed by atoms with Crippen molar-refractivity contribution >= 4 is 17.9 Å². The second-order valence-electron chi connectivity index (χ2n) is 19.5. The van der Waals surface area contributed by atoms with Gasteiger partial charge >= 0.3 is 17.9 Å². The van der Waals surface area contributed by atoms with E-state index in [0.29, 0.717) is 17.4 Å². The topological polar surface area (TPSA) is 108 Å². The molecule has 0 saturated carbocycles. The molecule has 0 amide bonds. The number of nitrogens with zero attached hydrogens (tertiary/aromatic N) is 1. The third-order valence-corrected chi connectivity index (χ3v) is 11.8. The lowest BCUT2D eigenvalue weighted by Gasteiger charge is -2.25. The van der Waals surface area contributed by atoms with Crippen molar-refractivity contribution in [3.63, 3.8) is 0 Å². The fraction of sp³-hybridized carbons (Fsp3) is 0.807. The summed E-state index contributed by atoms with van der Waals surface area (Å²) in [7, 11) is 5.97. The van der Waals surface area contributed by atoms with Crippen LogP contribution in [0.15, 0.2) is 48.6 Å². The first-order chi connectivity index (χ1) is 32.1. The number of allylic oxidation sites excluding steroid dienone is 8. The highest BCUT2D eigenvalue weighted by Crippen LogP contribution is 2.16. The first-order valence-corrected chi connectivity index (χ1v) is 27.3. The number of hydrogen-bond acceptors (Lipinski definition) is 7. The molecule has 1 N–H and O–H groups in total. The molecule has 0 aliphatic heterocycles. The average molecular weight is 931 g/mol. The van der Waals surface area contributed by atoms with Gasteiger partial charge in [0.05, 0.1) is 34.4 Å². The van der Waals surface area contributed by atoms with E-state index in [2.05, 4.69) is 62.5 Å². The van der Waals surface area contributed by atoms with Gasteiger partial charge in [-0.15, -0.1) is 0 Å². The Hall–Kier alpha value is -2.75. The number of carbonyl (C=O) groups excluding carboxylic acids is 2. The molecule has 0 heterocycles. The van der Waals surface area contributed by atoms with Crippen LogP contribution in [0.2, 0.25) is 0 Å². The molecular weight excluding hydrogens is 827 g/mol. The third-order valence-electron chi connectivity index (χ3n) is 11.8. The van der Waals surface area contributed by atoms with Gasteiger partial charge in [-0.1, -0.05) is 223 Å². The van der Waals surface area contributed by atoms with Crippen molar-refractivity contribution in [2.75, 3.05) is 47.5 Å². The summed E-state index contributed by atoms with van der Waals surface area (Å²) in [5.41, 5.74) is 0. The van der Waals surface area contributed by atoms with E-state index >= 15 is 0 Å². The zero-order valence-corrected chi connectivity index (χ0v) is 43.6. The van der Waals surface area contributed by atoms with Crippen LogP contribution in [0.25, 0.3) is 0 Å². The number of carbonyl (C=O) groups is 3. The maximum Gasteiger partial charge on any atom is 0.361 e. The number of likely N-dealkylation sites (N-methyl/N-ethyl adjacent to an activating group) is 1. The molecule has 384 valence electrons. The minimum Gasteiger partial charge on any atom is -0.477 e. The van der Waals surface area contributed by atoms with E-state index in [4.69, 9.17) is 18.9 Å². The van der Waals surface area contributed by atoms with Crippen LogP contribution in [0.5, 0.6) is 0 Å². The minimum absolute atomic E-state index is 0.180. The number of aliphatic carboxylic acids is 1. The highest BCUT2D eigenvalue weighted by Gasteiger charge is 2.25. The lowest BCUT2D eigenvalue weighted by molar-refractivity contribution is -0.870. The quantitative estimate of drug-likeness (QED) is 0.0211. The molecule has 0 aliphatic carbocycles. The molecule has 9 heteroatoms. The van der Waals surface area contributed by atoms with Gasteiger partial charge in [-0.25, -0.2) is 4.79 Å². The summed E-state index contributed by atoms with van der Waals surface area (Å²) in [5.74, 6) is -2.00. The molecule has 9 nitrogen and oxygen atoms in total. The second kappa shape index (κ2) is 48.7. The molecule has 0 aromatic carbocycles. The van der Waals surface area contributed by atoms with Crippen LogP contribution in [0.1, 0.15) is 239 Å². The highest BCUT2D eigenvalue weighted by molar-refractivity contribution is 5.71. The first-order valence-electron chi connectivity index (χ1n) is 27.3. The van der Waals surface area contributed by atoms with E-state index in [0.717, 1.165) is 64.2 Å². The smallest absolute Gasteiger partial charge is 0.361 e. The van der Waals surface area contributed by atoms with Crippen LogP contribution in [-0.2, 0) is 33.3 Å². The molecule has 2 unspecified atom stereocenters. The largest absolute Gasteiger partial charge is 0.477 e. The van der Waals surface area contributed by atoms with Gasteiger partial charge in [0.2, 0.25) is 0 Å². The van der Waals surface area contributed by atoms with Crippen LogP contribution >= 0.6 is 0 Å². The summed E-state index contributed by atoms with van der Waals surface area (Å²) in [5, 5.41) is 9.68. The number of carboxylic acid groups (broad SMARTS) is 1. The molecular formula is C57H104NO8+. The number of unbranched alkanes of at least 4 members (excludes halogenated alkanes) is 27. The van der Waals surface area contributed by atoms with Gasteiger partial charge in [0, 0.05) is 12.8 Å². The Morgan fingerprint density at radius 3 is 1.29 bits per heavy atom. The predicted octanol–water partition coefficient (Wildman–Crippen LogP) is 15.5. The van der Waals surface area contributed by atoms with Crippen LogP contribution in [0, 0.1) is 0 Å². The van der Waals surface area contributed by atoms with Gasteiger partial charge in [-0.2, -0.15) is 0 Å². The normalized spacial score (nSPS) is 13.2. The van der Waals surface area contributed by atoms with Crippen LogP contribution < -0.4 is 0 Å². The molecule has 2 atom stereocenters. The van der Waals surface area contributed by atoms with E-state index in [-0.39, 0.29) is 32.2 Å². The van der Waals surface area contributed by atoms with Crippen LogP contribution in [0.4, 0.5) is 0 Å². The maximum atomic E-state index is 12.9. The summed E-state index contributed by atoms with van der Waals surface area (Å²) in [6.07, 6.45) is 56.0. The molecule has 0 spiro atoms. The fourth-order valence-electron chi connectivity index (χ4n) is 7.65. The number of carboxylic acids is 1. The zero-order valence-electron chi connectivity index (χ0n) is 43.6. The Morgan fingerprint density at radius 2 is 0.864 bits per heavy atom. The predicted molar refractivity (Wildman–Crippen MR) is 277 cm³/mol. The Kier molecular flexibility index (Phi) is 46.7. The van der Waals surface area contributed by atoms with Crippen molar-refractivity contribution in [2.24, 2.45) is 0 Å². The van der Waals surface area contributed by atoms with Gasteiger partial charge in [-0.05, 0) is 51.4 Å². The molecule has 0 rings (SSSR count). The van der Waals surface area contributed by atoms with E-state index in [1.807, 2.05) is 21.1 Å². The van der Waals surface area contributed by atoms with Gasteiger partial charge in [-0.3, -0.25) is 9.59 Å². The van der Waals surface area contributed by atoms with Gasteiger partial charge in [0.15, 0.2) is 6.10 Å². The number of quaternary nitrogens is 1. The van der Waals surface area contributed by atoms with Crippen molar-refractivity contribution in [3.05, 3.63) is 48.6 Å². The van der Waals surface area contributed by atoms with Crippen molar-refractivity contribution in [2.45, 2.75) is 251 Å². The first kappa shape index (κ1) is 63.2. The molecule has 0 fully saturated rings. The fourth-order valence-corrected chi connectivity index (χ4v) is 7.65. The highest BCUT2D eigenvalue weighted by atomic mass is 16.7. The van der Waals surface area contributed by atoms with Crippen molar-refractivity contribution in [1.29, 1.82) is 0 Å². The average Bonchev–Trinajstić information content (AvgIpc) is 3.28. The maximum absolute atomic E-state index is 12.9. The summed E-state index contributed by atoms with van der Waals surface area (Å²) < 4.78 is 22.9. The summed E-state index contributed by atoms with van der Waals surface area (Å²) in [4.78, 5) is 37.3. The minimum atomic E-state index is -1.51. The Labute approximate surface area is 406 Å². The van der Waals surface area contributed by atoms with Crippen molar-refractivity contribution < 1.29 is 42.9 Å². The molecule has 0 bridgehead atoms. The van der Waals surface area contributed by atoms with Crippen molar-refractivity contribution in [3.8, 4) is 0 Å². The Bertz CT molecular complexity index is 1220. The number of rotatable bonds is 50. The molecule has 0 aromatic rings. The lowest BCUT2D eigenvalue weighted by atomic mass is 10.0. The van der Waals surface area contributed by atoms with Gasteiger partial charge < -0.3 is 28.5 Å².